The second-order valence-corrected chi connectivity index (χ2v) is 5.93. The second kappa shape index (κ2) is 5.55. The van der Waals surface area contributed by atoms with E-state index < -0.39 is 16.1 Å². The Morgan fingerprint density at radius 3 is 2.61 bits per heavy atom. The smallest absolute Gasteiger partial charge is 0.246 e. The zero-order valence-corrected chi connectivity index (χ0v) is 11.4. The minimum absolute atomic E-state index is 0.0296. The molecular formula is C11H18N2O4S. The summed E-state index contributed by atoms with van der Waals surface area (Å²) >= 11 is 0. The average Bonchev–Trinajstić information content (AvgIpc) is 2.36. The molecule has 1 atom stereocenters. The Morgan fingerprint density at radius 2 is 2.11 bits per heavy atom. The van der Waals surface area contributed by atoms with E-state index in [9.17, 15) is 8.42 Å². The van der Waals surface area contributed by atoms with Crippen LogP contribution in [0.4, 0.5) is 5.69 Å². The van der Waals surface area contributed by atoms with Gasteiger partial charge in [-0.1, -0.05) is 0 Å². The van der Waals surface area contributed by atoms with Crippen LogP contribution in [-0.4, -0.2) is 44.6 Å². The molecule has 0 fully saturated rings. The van der Waals surface area contributed by atoms with Gasteiger partial charge in [0, 0.05) is 24.8 Å². The summed E-state index contributed by atoms with van der Waals surface area (Å²) in [6, 6.07) is 3.82. The lowest BCUT2D eigenvalue weighted by Gasteiger charge is -2.23. The number of rotatable bonds is 5. The molecule has 0 saturated carbocycles. The molecular weight excluding hydrogens is 256 g/mol. The highest BCUT2D eigenvalue weighted by Crippen LogP contribution is 2.28. The van der Waals surface area contributed by atoms with Crippen LogP contribution in [0.15, 0.2) is 23.1 Å². The third-order valence-electron chi connectivity index (χ3n) is 2.73. The number of anilines is 1. The fourth-order valence-electron chi connectivity index (χ4n) is 1.40. The van der Waals surface area contributed by atoms with E-state index in [1.807, 2.05) is 0 Å². The van der Waals surface area contributed by atoms with E-state index in [4.69, 9.17) is 15.6 Å². The molecule has 0 aliphatic heterocycles. The highest BCUT2D eigenvalue weighted by Gasteiger charge is 2.28. The van der Waals surface area contributed by atoms with Gasteiger partial charge in [0.15, 0.2) is 0 Å². The highest BCUT2D eigenvalue weighted by molar-refractivity contribution is 7.89. The summed E-state index contributed by atoms with van der Waals surface area (Å²) in [6.07, 6.45) is 0. The summed E-state index contributed by atoms with van der Waals surface area (Å²) in [7, 11) is -0.930. The lowest BCUT2D eigenvalue weighted by atomic mass is 10.3. The van der Waals surface area contributed by atoms with E-state index in [-0.39, 0.29) is 17.3 Å². The van der Waals surface area contributed by atoms with Gasteiger partial charge in [-0.3, -0.25) is 0 Å². The molecule has 18 heavy (non-hydrogen) atoms. The lowest BCUT2D eigenvalue weighted by molar-refractivity contribution is 0.213. The van der Waals surface area contributed by atoms with Gasteiger partial charge in [0.05, 0.1) is 13.7 Å². The van der Waals surface area contributed by atoms with Crippen molar-refractivity contribution in [3.63, 3.8) is 0 Å². The number of likely N-dealkylation sites (N-methyl/N-ethyl adjacent to an activating group) is 1. The van der Waals surface area contributed by atoms with E-state index >= 15 is 0 Å². The van der Waals surface area contributed by atoms with Crippen LogP contribution in [0, 0.1) is 0 Å². The first kappa shape index (κ1) is 14.7. The van der Waals surface area contributed by atoms with Crippen molar-refractivity contribution in [2.45, 2.75) is 17.9 Å². The third kappa shape index (κ3) is 2.74. The third-order valence-corrected chi connectivity index (χ3v) is 4.74. The Morgan fingerprint density at radius 1 is 1.50 bits per heavy atom. The molecule has 0 heterocycles. The molecule has 1 unspecified atom stereocenters. The number of aliphatic hydroxyl groups is 1. The van der Waals surface area contributed by atoms with Crippen LogP contribution in [0.5, 0.6) is 5.75 Å². The molecule has 0 saturated heterocycles. The topological polar surface area (TPSA) is 92.9 Å². The van der Waals surface area contributed by atoms with Crippen LogP contribution in [0.3, 0.4) is 0 Å². The molecule has 0 aromatic heterocycles. The van der Waals surface area contributed by atoms with Crippen LogP contribution in [0.25, 0.3) is 0 Å². The van der Waals surface area contributed by atoms with Gasteiger partial charge < -0.3 is 15.6 Å². The van der Waals surface area contributed by atoms with Gasteiger partial charge in [-0.25, -0.2) is 8.42 Å². The number of methoxy groups -OCH3 is 1. The largest absolute Gasteiger partial charge is 0.495 e. The predicted octanol–water partition coefficient (Wildman–Crippen LogP) is 0.279. The number of nitrogen functional groups attached to an aromatic ring is 1. The van der Waals surface area contributed by atoms with E-state index in [2.05, 4.69) is 0 Å². The van der Waals surface area contributed by atoms with Crippen LogP contribution in [0.1, 0.15) is 6.92 Å². The molecule has 0 aliphatic carbocycles. The van der Waals surface area contributed by atoms with Gasteiger partial charge in [-0.2, -0.15) is 4.31 Å². The normalized spacial score (nSPS) is 13.6. The van der Waals surface area contributed by atoms with Crippen LogP contribution in [-0.2, 0) is 10.0 Å². The summed E-state index contributed by atoms with van der Waals surface area (Å²) < 4.78 is 30.8. The quantitative estimate of drug-likeness (QED) is 0.752. The maximum Gasteiger partial charge on any atom is 0.246 e. The van der Waals surface area contributed by atoms with Gasteiger partial charge in [-0.05, 0) is 19.1 Å². The maximum atomic E-state index is 12.3. The van der Waals surface area contributed by atoms with Crippen LogP contribution >= 0.6 is 0 Å². The van der Waals surface area contributed by atoms with E-state index in [0.717, 1.165) is 4.31 Å². The lowest BCUT2D eigenvalue weighted by Crippen LogP contribution is -2.37. The van der Waals surface area contributed by atoms with Crippen molar-refractivity contribution < 1.29 is 18.3 Å². The molecule has 7 heteroatoms. The summed E-state index contributed by atoms with van der Waals surface area (Å²) in [5, 5.41) is 9.03. The SMILES string of the molecule is COc1cc(N)ccc1S(=O)(=O)N(C)C(C)CO. The minimum atomic E-state index is -3.72. The first-order chi connectivity index (χ1) is 8.34. The molecule has 1 aromatic rings. The van der Waals surface area contributed by atoms with Crippen molar-refractivity contribution in [2.24, 2.45) is 0 Å². The van der Waals surface area contributed by atoms with Crippen LogP contribution < -0.4 is 10.5 Å². The summed E-state index contributed by atoms with van der Waals surface area (Å²) in [4.78, 5) is 0.0296. The number of aliphatic hydroxyl groups excluding tert-OH is 1. The molecule has 0 aliphatic rings. The van der Waals surface area contributed by atoms with Gasteiger partial charge >= 0.3 is 0 Å². The van der Waals surface area contributed by atoms with Crippen LogP contribution in [0.2, 0.25) is 0 Å². The molecule has 6 nitrogen and oxygen atoms in total. The standard InChI is InChI=1S/C11H18N2O4S/c1-8(7-14)13(2)18(15,16)11-5-4-9(12)6-10(11)17-3/h4-6,8,14H,7,12H2,1-3H3. The van der Waals surface area contributed by atoms with E-state index in [1.54, 1.807) is 6.92 Å². The van der Waals surface area contributed by atoms with Gasteiger partial charge in [0.1, 0.15) is 10.6 Å². The number of nitrogens with zero attached hydrogens (tertiary/aromatic N) is 1. The number of sulfonamides is 1. The van der Waals surface area contributed by atoms with E-state index in [1.165, 1.54) is 32.4 Å². The minimum Gasteiger partial charge on any atom is -0.495 e. The number of nitrogens with two attached hydrogens (primary N) is 1. The molecule has 0 spiro atoms. The van der Waals surface area contributed by atoms with Crippen molar-refractivity contribution in [1.82, 2.24) is 4.31 Å². The van der Waals surface area contributed by atoms with Gasteiger partial charge in [0.25, 0.3) is 0 Å². The number of benzene rings is 1. The fraction of sp³-hybridized carbons (Fsp3) is 0.455. The Balaban J connectivity index is 3.28. The van der Waals surface area contributed by atoms with Crippen molar-refractivity contribution in [3.05, 3.63) is 18.2 Å². The Kier molecular flexibility index (Phi) is 4.55. The van der Waals surface area contributed by atoms with Crippen molar-refractivity contribution in [3.8, 4) is 5.75 Å². The Bertz CT molecular complexity index is 516. The first-order valence-electron chi connectivity index (χ1n) is 5.37. The maximum absolute atomic E-state index is 12.3. The second-order valence-electron chi connectivity index (χ2n) is 3.96. The monoisotopic (exact) mass is 274 g/mol. The van der Waals surface area contributed by atoms with Gasteiger partial charge in [-0.15, -0.1) is 0 Å². The average molecular weight is 274 g/mol. The zero-order valence-electron chi connectivity index (χ0n) is 10.6. The van der Waals surface area contributed by atoms with Gasteiger partial charge in [0.2, 0.25) is 10.0 Å². The van der Waals surface area contributed by atoms with Crippen molar-refractivity contribution >= 4 is 15.7 Å². The summed E-state index contributed by atoms with van der Waals surface area (Å²) in [6.45, 7) is 1.36. The first-order valence-corrected chi connectivity index (χ1v) is 6.81. The molecule has 0 radical (unpaired) electrons. The molecule has 1 rings (SSSR count). The van der Waals surface area contributed by atoms with Crippen molar-refractivity contribution in [2.75, 3.05) is 26.5 Å². The zero-order chi connectivity index (χ0) is 13.9. The summed E-state index contributed by atoms with van der Waals surface area (Å²) in [5.74, 6) is 0.187. The predicted molar refractivity (Wildman–Crippen MR) is 68.9 cm³/mol. The van der Waals surface area contributed by atoms with Crippen molar-refractivity contribution in [1.29, 1.82) is 0 Å². The molecule has 1 aromatic carbocycles. The van der Waals surface area contributed by atoms with E-state index in [0.29, 0.717) is 5.69 Å². The number of hydrogen-bond donors (Lipinski definition) is 2. The fourth-order valence-corrected chi connectivity index (χ4v) is 2.89. The molecule has 102 valence electrons. The Hall–Kier alpha value is -1.31. The highest BCUT2D eigenvalue weighted by atomic mass is 32.2. The molecule has 3 N–H and O–H groups in total. The Labute approximate surface area is 107 Å². The summed E-state index contributed by atoms with van der Waals surface area (Å²) in [5.41, 5.74) is 6.00. The number of ether oxygens (including phenoxy) is 1. The number of hydrogen-bond acceptors (Lipinski definition) is 5. The molecule has 0 amide bonds. The molecule has 0 bridgehead atoms.